The van der Waals surface area contributed by atoms with Gasteiger partial charge in [0.1, 0.15) is 53.7 Å². The molecule has 5 heterocycles. The third-order valence-corrected chi connectivity index (χ3v) is 16.0. The van der Waals surface area contributed by atoms with Crippen LogP contribution in [0.4, 0.5) is 5.82 Å². The lowest BCUT2D eigenvalue weighted by molar-refractivity contribution is -0.147. The van der Waals surface area contributed by atoms with Crippen LogP contribution in [0.25, 0.3) is 11.2 Å². The maximum Gasteiger partial charge on any atom is 0.481 e. The van der Waals surface area contributed by atoms with Gasteiger partial charge in [-0.05, 0) is 25.3 Å². The Morgan fingerprint density at radius 1 is 1.03 bits per heavy atom. The zero-order valence-electron chi connectivity index (χ0n) is 37.7. The number of nitrogens with zero attached hydrogens (tertiary/aromatic N) is 5. The molecule has 2 fully saturated rings. The predicted molar refractivity (Wildman–Crippen MR) is 244 cm³/mol. The number of aliphatic carboxylic acids is 1. The van der Waals surface area contributed by atoms with Crippen LogP contribution in [0.2, 0.25) is 0 Å². The Bertz CT molecular complexity index is 2530. The number of phosphoric ester groups is 3. The number of nitrogen functional groups attached to an aromatic ring is 1. The second-order valence-corrected chi connectivity index (χ2v) is 23.0. The summed E-state index contributed by atoms with van der Waals surface area (Å²) in [5.74, 6) is -3.27. The average molecular weight is 1110 g/mol. The van der Waals surface area contributed by atoms with E-state index < -0.39 is 125 Å². The number of nitrogens with one attached hydrogen (secondary N) is 3. The number of thioether (sulfide) groups is 2. The van der Waals surface area contributed by atoms with Gasteiger partial charge in [0, 0.05) is 42.9 Å². The summed E-state index contributed by atoms with van der Waals surface area (Å²) in [6, 6.07) is -1.98. The molecule has 2 aromatic heterocycles. The van der Waals surface area contributed by atoms with Crippen LogP contribution in [-0.4, -0.2) is 174 Å². The standard InChI is InChI=1S/C35H53N10O21P3S2/c1-16-12-71-32-22(43-20(47)6-4-5-17(36)33(52)53)30(51)45(32)23(16)34(54)70-10-9-38-19(46)7-8-39-29(50)26(49)35(2,3)13-63-69(60,61)66-68(58,59)62-11-18-25(65-67(55,56)57)24(48)31(64-18)44-15-42-21-27(37)40-14-41-28(21)44/h14-15,17-18,22,24-26,31-32,48-49H,4-13,36H2,1-3H3,(H,38,46)(H,39,50)(H,43,47)(H,52,53)(H,58,59)(H,60,61)(H2,37,40,41)(H2,55,56,57). The number of imidazole rings is 1. The van der Waals surface area contributed by atoms with E-state index in [0.717, 1.165) is 29.0 Å². The number of anilines is 1. The number of aliphatic hydroxyl groups excluding tert-OH is 2. The number of carbonyl (C=O) groups excluding carboxylic acids is 5. The summed E-state index contributed by atoms with van der Waals surface area (Å²) in [6.07, 6.45) is -7.02. The fourth-order valence-electron chi connectivity index (χ4n) is 6.96. The molecule has 0 spiro atoms. The molecule has 2 aromatic rings. The smallest absolute Gasteiger partial charge is 0.480 e. The molecule has 31 nitrogen and oxygen atoms in total. The number of carboxylic acid groups (broad SMARTS) is 1. The fraction of sp³-hybridized carbons (Fsp3) is 0.629. The molecule has 10 unspecified atom stereocenters. The van der Waals surface area contributed by atoms with E-state index in [1.165, 1.54) is 30.5 Å². The van der Waals surface area contributed by atoms with Gasteiger partial charge < -0.3 is 67.0 Å². The van der Waals surface area contributed by atoms with Crippen LogP contribution in [0.1, 0.15) is 52.7 Å². The second-order valence-electron chi connectivity index (χ2n) is 16.6. The molecule has 0 aliphatic carbocycles. The molecular weight excluding hydrogens is 1050 g/mol. The minimum absolute atomic E-state index is 0.00773. The minimum atomic E-state index is -5.63. The van der Waals surface area contributed by atoms with E-state index in [1.54, 1.807) is 6.92 Å². The number of β-lactam (4-membered cyclic amide) rings is 1. The van der Waals surface area contributed by atoms with Crippen molar-refractivity contribution in [3.05, 3.63) is 23.9 Å². The van der Waals surface area contributed by atoms with Crippen LogP contribution in [0.3, 0.4) is 0 Å². The second kappa shape index (κ2) is 23.9. The first-order valence-electron chi connectivity index (χ1n) is 21.0. The third kappa shape index (κ3) is 15.3. The highest BCUT2D eigenvalue weighted by atomic mass is 32.2. The number of carbonyl (C=O) groups is 6. The Hall–Kier alpha value is -3.98. The number of rotatable bonds is 26. The molecule has 3 aliphatic heterocycles. The van der Waals surface area contributed by atoms with Crippen LogP contribution in [0.15, 0.2) is 23.9 Å². The average Bonchev–Trinajstić information content (AvgIpc) is 3.84. The van der Waals surface area contributed by atoms with Gasteiger partial charge in [-0.1, -0.05) is 25.6 Å². The molecule has 71 heavy (non-hydrogen) atoms. The summed E-state index contributed by atoms with van der Waals surface area (Å²) in [6.45, 7) is 1.73. The molecule has 3 aliphatic rings. The Morgan fingerprint density at radius 3 is 2.39 bits per heavy atom. The van der Waals surface area contributed by atoms with Crippen LogP contribution in [0, 0.1) is 5.41 Å². The first-order chi connectivity index (χ1) is 33.0. The summed E-state index contributed by atoms with van der Waals surface area (Å²) in [5.41, 5.74) is 10.4. The lowest BCUT2D eigenvalue weighted by Crippen LogP contribution is -2.70. The van der Waals surface area contributed by atoms with E-state index in [2.05, 4.69) is 39.7 Å². The van der Waals surface area contributed by atoms with Crippen LogP contribution >= 0.6 is 47.0 Å². The van der Waals surface area contributed by atoms with E-state index in [1.807, 2.05) is 0 Å². The highest BCUT2D eigenvalue weighted by Gasteiger charge is 2.54. The number of aliphatic hydroxyl groups is 2. The molecule has 14 N–H and O–H groups in total. The number of amides is 4. The Balaban J connectivity index is 1.01. The van der Waals surface area contributed by atoms with Gasteiger partial charge in [-0.25, -0.2) is 28.6 Å². The van der Waals surface area contributed by atoms with Gasteiger partial charge in [0.2, 0.25) is 22.8 Å². The molecule has 0 saturated carbocycles. The van der Waals surface area contributed by atoms with Gasteiger partial charge in [0.15, 0.2) is 17.7 Å². The fourth-order valence-corrected chi connectivity index (χ4v) is 11.9. The number of fused-ring (bicyclic) bond motifs is 2. The summed E-state index contributed by atoms with van der Waals surface area (Å²) in [4.78, 5) is 127. The summed E-state index contributed by atoms with van der Waals surface area (Å²) in [5, 5.41) is 37.1. The quantitative estimate of drug-likeness (QED) is 0.0273. The van der Waals surface area contributed by atoms with Crippen LogP contribution < -0.4 is 27.4 Å². The molecule has 2 saturated heterocycles. The molecule has 36 heteroatoms. The summed E-state index contributed by atoms with van der Waals surface area (Å²) >= 11 is 2.21. The molecule has 0 radical (unpaired) electrons. The Kier molecular flexibility index (Phi) is 19.5. The molecule has 4 amide bonds. The predicted octanol–water partition coefficient (Wildman–Crippen LogP) is -2.08. The van der Waals surface area contributed by atoms with Gasteiger partial charge in [0.25, 0.3) is 5.91 Å². The minimum Gasteiger partial charge on any atom is -0.480 e. The number of aromatic nitrogens is 4. The van der Waals surface area contributed by atoms with E-state index in [9.17, 15) is 72.2 Å². The summed E-state index contributed by atoms with van der Waals surface area (Å²) in [7, 11) is -16.6. The normalized spacial score (nSPS) is 24.0. The molecule has 0 aromatic carbocycles. The third-order valence-electron chi connectivity index (χ3n) is 10.6. The van der Waals surface area contributed by atoms with Crippen molar-refractivity contribution in [1.29, 1.82) is 0 Å². The van der Waals surface area contributed by atoms with Crippen molar-refractivity contribution in [3.8, 4) is 0 Å². The Morgan fingerprint density at radius 2 is 1.72 bits per heavy atom. The first kappa shape index (κ1) is 57.9. The van der Waals surface area contributed by atoms with Gasteiger partial charge >= 0.3 is 29.4 Å². The van der Waals surface area contributed by atoms with Crippen molar-refractivity contribution in [1.82, 2.24) is 40.4 Å². The van der Waals surface area contributed by atoms with E-state index >= 15 is 0 Å². The van der Waals surface area contributed by atoms with Gasteiger partial charge in [-0.3, -0.25) is 51.8 Å². The van der Waals surface area contributed by atoms with Crippen molar-refractivity contribution in [2.24, 2.45) is 11.1 Å². The lowest BCUT2D eigenvalue weighted by atomic mass is 9.87. The van der Waals surface area contributed by atoms with Crippen molar-refractivity contribution in [2.45, 2.75) is 94.6 Å². The monoisotopic (exact) mass is 1110 g/mol. The van der Waals surface area contributed by atoms with E-state index in [4.69, 9.17) is 30.4 Å². The number of nitrogens with two attached hydrogens (primary N) is 2. The maximum absolute atomic E-state index is 13.2. The maximum atomic E-state index is 13.2. The molecular formula is C35H53N10O21P3S2. The first-order valence-corrected chi connectivity index (χ1v) is 27.6. The van der Waals surface area contributed by atoms with Gasteiger partial charge in [0.05, 0.1) is 25.2 Å². The number of ether oxygens (including phenoxy) is 1. The van der Waals surface area contributed by atoms with Crippen molar-refractivity contribution < 1.29 is 100.0 Å². The van der Waals surface area contributed by atoms with Gasteiger partial charge in [-0.2, -0.15) is 4.31 Å². The zero-order valence-corrected chi connectivity index (χ0v) is 42.1. The molecule has 10 atom stereocenters. The number of hydrogen-bond acceptors (Lipinski definition) is 23. The van der Waals surface area contributed by atoms with Crippen LogP contribution in [0.5, 0.6) is 0 Å². The van der Waals surface area contributed by atoms with Crippen molar-refractivity contribution in [2.75, 3.05) is 43.5 Å². The molecule has 0 bridgehead atoms. The van der Waals surface area contributed by atoms with Crippen molar-refractivity contribution in [3.63, 3.8) is 0 Å². The Labute approximate surface area is 411 Å². The van der Waals surface area contributed by atoms with E-state index in [-0.39, 0.29) is 67.2 Å². The highest BCUT2D eigenvalue weighted by molar-refractivity contribution is 8.14. The molecule has 396 valence electrons. The number of phosphoric acid groups is 3. The van der Waals surface area contributed by atoms with Gasteiger partial charge in [-0.15, -0.1) is 11.8 Å². The summed E-state index contributed by atoms with van der Waals surface area (Å²) < 4.78 is 62.4. The number of hydrogen-bond donors (Lipinski definition) is 12. The SMILES string of the molecule is CC1=C(C(=O)SCCNC(=O)CCNC(=O)C(O)C(C)(C)COP(=O)(O)OP(=O)(O)OCC2OC(n3cnc4c(N)ncnc43)C(O)C2OP(=O)(O)O)N2C(=O)C(NC(=O)CCCC(N)C(=O)O)C2SC1. The lowest BCUT2D eigenvalue weighted by Gasteiger charge is -2.49. The van der Waals surface area contributed by atoms with E-state index in [0.29, 0.717) is 11.3 Å². The zero-order chi connectivity index (χ0) is 52.8. The topological polar surface area (TPSA) is 476 Å². The number of carboxylic acids is 1. The molecule has 5 rings (SSSR count). The van der Waals surface area contributed by atoms with Crippen molar-refractivity contribution >= 4 is 98.7 Å². The van der Waals surface area contributed by atoms with Crippen LogP contribution in [-0.2, 0) is 65.1 Å². The largest absolute Gasteiger partial charge is 0.481 e. The highest BCUT2D eigenvalue weighted by Crippen LogP contribution is 2.61.